The molecule has 4 nitrogen and oxygen atoms in total. The Kier molecular flexibility index (Phi) is 8.27. The fourth-order valence-corrected chi connectivity index (χ4v) is 5.48. The van der Waals surface area contributed by atoms with Gasteiger partial charge in [-0.3, -0.25) is 0 Å². The highest BCUT2D eigenvalue weighted by molar-refractivity contribution is 7.97. The summed E-state index contributed by atoms with van der Waals surface area (Å²) in [5.74, 6) is -0.137. The van der Waals surface area contributed by atoms with E-state index in [4.69, 9.17) is 9.15 Å². The zero-order valence-electron chi connectivity index (χ0n) is 21.7. The number of nitrogens with zero attached hydrogens (tertiary/aromatic N) is 1. The Morgan fingerprint density at radius 3 is 2.24 bits per heavy atom. The van der Waals surface area contributed by atoms with Crippen LogP contribution in [0.2, 0.25) is 0 Å². The summed E-state index contributed by atoms with van der Waals surface area (Å²) in [5, 5.41) is 0.938. The second kappa shape index (κ2) is 12.2. The molecule has 5 rings (SSSR count). The first-order valence-electron chi connectivity index (χ1n) is 12.9. The number of carbonyl (C=O) groups excluding carboxylic acids is 1. The number of hydrogen-bond acceptors (Lipinski definition) is 5. The number of ether oxygens (including phenoxy) is 1. The molecule has 0 fully saturated rings. The van der Waals surface area contributed by atoms with E-state index in [1.807, 2.05) is 19.1 Å². The molecule has 0 saturated heterocycles. The number of hydrogen-bond donors (Lipinski definition) is 0. The van der Waals surface area contributed by atoms with Gasteiger partial charge in [0, 0.05) is 28.9 Å². The molecule has 1 heterocycles. The van der Waals surface area contributed by atoms with Gasteiger partial charge in [0.2, 0.25) is 5.76 Å². The first-order chi connectivity index (χ1) is 18.6. The largest absolute Gasteiger partial charge is 0.460 e. The molecule has 38 heavy (non-hydrogen) atoms. The highest BCUT2D eigenvalue weighted by atomic mass is 32.2. The molecule has 0 bridgehead atoms. The van der Waals surface area contributed by atoms with Gasteiger partial charge in [0.05, 0.1) is 6.61 Å². The quantitative estimate of drug-likeness (QED) is 0.136. The number of carbonyl (C=O) groups is 1. The average molecular weight is 522 g/mol. The van der Waals surface area contributed by atoms with Gasteiger partial charge in [0.1, 0.15) is 5.58 Å². The van der Waals surface area contributed by atoms with Crippen LogP contribution < -0.4 is 0 Å². The zero-order chi connectivity index (χ0) is 26.3. The lowest BCUT2D eigenvalue weighted by molar-refractivity contribution is 0.0491. The van der Waals surface area contributed by atoms with Crippen LogP contribution in [0.3, 0.4) is 0 Å². The summed E-state index contributed by atoms with van der Waals surface area (Å²) in [6.07, 6.45) is 0.954. The Balaban J connectivity index is 1.37. The highest BCUT2D eigenvalue weighted by Gasteiger charge is 2.19. The number of rotatable bonds is 10. The van der Waals surface area contributed by atoms with E-state index in [1.165, 1.54) is 22.3 Å². The van der Waals surface area contributed by atoms with Crippen LogP contribution in [-0.4, -0.2) is 23.4 Å². The lowest BCUT2D eigenvalue weighted by Gasteiger charge is -2.22. The Morgan fingerprint density at radius 2 is 1.53 bits per heavy atom. The van der Waals surface area contributed by atoms with E-state index in [0.717, 1.165) is 35.4 Å². The molecule has 0 unspecified atom stereocenters. The zero-order valence-corrected chi connectivity index (χ0v) is 22.5. The van der Waals surface area contributed by atoms with Gasteiger partial charge in [0.15, 0.2) is 0 Å². The van der Waals surface area contributed by atoms with Crippen molar-refractivity contribution in [2.24, 2.45) is 0 Å². The Morgan fingerprint density at radius 1 is 0.842 bits per heavy atom. The molecule has 0 N–H and O–H groups in total. The van der Waals surface area contributed by atoms with Crippen molar-refractivity contribution in [2.45, 2.75) is 31.7 Å². The summed E-state index contributed by atoms with van der Waals surface area (Å²) in [6, 6.07) is 36.0. The lowest BCUT2D eigenvalue weighted by atomic mass is 10.0. The topological polar surface area (TPSA) is 42.7 Å². The fourth-order valence-electron chi connectivity index (χ4n) is 4.49. The van der Waals surface area contributed by atoms with Crippen LogP contribution in [0.25, 0.3) is 22.1 Å². The van der Waals surface area contributed by atoms with Gasteiger partial charge in [-0.15, -0.1) is 0 Å². The molecule has 0 radical (unpaired) electrons. The number of esters is 1. The van der Waals surface area contributed by atoms with Crippen molar-refractivity contribution in [3.05, 3.63) is 126 Å². The van der Waals surface area contributed by atoms with E-state index in [9.17, 15) is 4.79 Å². The maximum atomic E-state index is 12.3. The van der Waals surface area contributed by atoms with Crippen LogP contribution in [-0.2, 0) is 17.7 Å². The third-order valence-corrected chi connectivity index (χ3v) is 7.55. The average Bonchev–Trinajstić information content (AvgIpc) is 3.29. The molecule has 4 aromatic carbocycles. The van der Waals surface area contributed by atoms with Crippen molar-refractivity contribution in [1.82, 2.24) is 4.31 Å². The van der Waals surface area contributed by atoms with E-state index < -0.39 is 5.97 Å². The summed E-state index contributed by atoms with van der Waals surface area (Å²) >= 11 is 1.73. The molecule has 0 amide bonds. The summed E-state index contributed by atoms with van der Waals surface area (Å²) in [7, 11) is 0. The van der Waals surface area contributed by atoms with Crippen molar-refractivity contribution in [3.63, 3.8) is 0 Å². The number of benzene rings is 4. The van der Waals surface area contributed by atoms with Crippen molar-refractivity contribution in [1.29, 1.82) is 0 Å². The van der Waals surface area contributed by atoms with Crippen LogP contribution in [0.1, 0.15) is 34.2 Å². The molecule has 0 aliphatic carbocycles. The first kappa shape index (κ1) is 25.8. The third kappa shape index (κ3) is 6.18. The van der Waals surface area contributed by atoms with Crippen LogP contribution in [0.5, 0.6) is 0 Å². The molecule has 0 spiro atoms. The lowest BCUT2D eigenvalue weighted by Crippen LogP contribution is -2.18. The van der Waals surface area contributed by atoms with Crippen LogP contribution in [0.4, 0.5) is 0 Å². The van der Waals surface area contributed by atoms with E-state index in [0.29, 0.717) is 12.2 Å². The van der Waals surface area contributed by atoms with E-state index in [2.05, 4.69) is 95.3 Å². The summed E-state index contributed by atoms with van der Waals surface area (Å²) in [5.41, 5.74) is 6.53. The fraction of sp³-hybridized carbons (Fsp3) is 0.182. The minimum atomic E-state index is -0.418. The summed E-state index contributed by atoms with van der Waals surface area (Å²) in [6.45, 7) is 5.73. The molecule has 5 heteroatoms. The second-order valence-corrected chi connectivity index (χ2v) is 10.4. The maximum Gasteiger partial charge on any atom is 0.374 e. The molecule has 5 aromatic rings. The minimum Gasteiger partial charge on any atom is -0.460 e. The van der Waals surface area contributed by atoms with Gasteiger partial charge >= 0.3 is 5.97 Å². The van der Waals surface area contributed by atoms with Gasteiger partial charge < -0.3 is 9.15 Å². The van der Waals surface area contributed by atoms with E-state index in [1.54, 1.807) is 18.9 Å². The predicted molar refractivity (Wildman–Crippen MR) is 155 cm³/mol. The smallest absolute Gasteiger partial charge is 0.374 e. The first-order valence-corrected chi connectivity index (χ1v) is 13.7. The third-order valence-electron chi connectivity index (χ3n) is 6.52. The van der Waals surface area contributed by atoms with E-state index in [-0.39, 0.29) is 5.76 Å². The summed E-state index contributed by atoms with van der Waals surface area (Å²) < 4.78 is 13.4. The van der Waals surface area contributed by atoms with Crippen LogP contribution >= 0.6 is 11.9 Å². The molecular weight excluding hydrogens is 490 g/mol. The van der Waals surface area contributed by atoms with Crippen molar-refractivity contribution in [2.75, 3.05) is 13.2 Å². The molecule has 0 atom stereocenters. The second-order valence-electron chi connectivity index (χ2n) is 9.19. The predicted octanol–water partition coefficient (Wildman–Crippen LogP) is 8.34. The number of fused-ring (bicyclic) bond motifs is 1. The Labute approximate surface area is 228 Å². The van der Waals surface area contributed by atoms with Gasteiger partial charge in [-0.2, -0.15) is 0 Å². The Hall–Kier alpha value is -3.80. The number of aryl methyl sites for hydroxylation is 1. The molecular formula is C33H31NO3S. The van der Waals surface area contributed by atoms with Crippen molar-refractivity contribution >= 4 is 28.9 Å². The maximum absolute atomic E-state index is 12.3. The standard InChI is InChI=1S/C33H31NO3S/c1-3-36-33(35)32-24(2)30-22-29(18-19-31(30)37-32)38-34(21-20-25-10-6-4-7-11-25)23-26-14-16-28(17-15-26)27-12-8-5-9-13-27/h4-19,22H,3,20-21,23H2,1-2H3. The van der Waals surface area contributed by atoms with Crippen molar-refractivity contribution < 1.29 is 13.9 Å². The molecule has 0 aliphatic rings. The summed E-state index contributed by atoms with van der Waals surface area (Å²) in [4.78, 5) is 13.4. The van der Waals surface area contributed by atoms with Gasteiger partial charge in [-0.1, -0.05) is 84.9 Å². The van der Waals surface area contributed by atoms with Crippen LogP contribution in [0.15, 0.2) is 112 Å². The van der Waals surface area contributed by atoms with Gasteiger partial charge in [-0.25, -0.2) is 9.10 Å². The normalized spacial score (nSPS) is 11.2. The molecule has 1 aromatic heterocycles. The van der Waals surface area contributed by atoms with Gasteiger partial charge in [0.25, 0.3) is 0 Å². The highest BCUT2D eigenvalue weighted by Crippen LogP contribution is 2.32. The molecule has 192 valence electrons. The Bertz CT molecular complexity index is 1490. The van der Waals surface area contributed by atoms with Crippen LogP contribution in [0, 0.1) is 6.92 Å². The van der Waals surface area contributed by atoms with Gasteiger partial charge in [-0.05, 0) is 72.7 Å². The molecule has 0 saturated carbocycles. The molecule has 0 aliphatic heterocycles. The van der Waals surface area contributed by atoms with Crippen molar-refractivity contribution in [3.8, 4) is 11.1 Å². The minimum absolute atomic E-state index is 0.281. The monoisotopic (exact) mass is 521 g/mol. The SMILES string of the molecule is CCOC(=O)c1oc2ccc(SN(CCc3ccccc3)Cc3ccc(-c4ccccc4)cc3)cc2c1C. The van der Waals surface area contributed by atoms with E-state index >= 15 is 0 Å². The number of furan rings is 1.